The van der Waals surface area contributed by atoms with Gasteiger partial charge in [0.25, 0.3) is 0 Å². The summed E-state index contributed by atoms with van der Waals surface area (Å²) in [6.45, 7) is 3.09. The molecule has 1 heterocycles. The second-order valence-corrected chi connectivity index (χ2v) is 5.26. The van der Waals surface area contributed by atoms with Gasteiger partial charge in [-0.2, -0.15) is 0 Å². The van der Waals surface area contributed by atoms with Crippen molar-refractivity contribution in [3.05, 3.63) is 24.3 Å². The molecule has 0 saturated carbocycles. The van der Waals surface area contributed by atoms with E-state index in [0.29, 0.717) is 0 Å². The standard InChI is InChI=1S/C12H15N3S2/c1-3-8-15(2)12(16)14-11-13-9-6-4-5-7-10(9)17-11/h4-7H,3,8H2,1-2H3,(H,13,14,16). The summed E-state index contributed by atoms with van der Waals surface area (Å²) in [6.07, 6.45) is 1.08. The molecule has 17 heavy (non-hydrogen) atoms. The van der Waals surface area contributed by atoms with Crippen LogP contribution >= 0.6 is 23.6 Å². The first-order chi connectivity index (χ1) is 8.20. The molecule has 1 aromatic carbocycles. The molecule has 0 aliphatic heterocycles. The van der Waals surface area contributed by atoms with E-state index in [4.69, 9.17) is 12.2 Å². The predicted molar refractivity (Wildman–Crippen MR) is 78.8 cm³/mol. The van der Waals surface area contributed by atoms with Gasteiger partial charge in [0.15, 0.2) is 10.2 Å². The third-order valence-electron chi connectivity index (χ3n) is 2.41. The van der Waals surface area contributed by atoms with Gasteiger partial charge in [-0.15, -0.1) is 0 Å². The van der Waals surface area contributed by atoms with Gasteiger partial charge in [0.2, 0.25) is 0 Å². The maximum atomic E-state index is 5.31. The highest BCUT2D eigenvalue weighted by Crippen LogP contribution is 2.25. The van der Waals surface area contributed by atoms with E-state index in [-0.39, 0.29) is 0 Å². The van der Waals surface area contributed by atoms with Crippen LogP contribution in [0.2, 0.25) is 0 Å². The zero-order valence-electron chi connectivity index (χ0n) is 9.93. The Hall–Kier alpha value is -1.20. The summed E-state index contributed by atoms with van der Waals surface area (Å²) in [6, 6.07) is 8.09. The lowest BCUT2D eigenvalue weighted by Crippen LogP contribution is -2.31. The molecule has 1 aromatic heterocycles. The Balaban J connectivity index is 2.10. The van der Waals surface area contributed by atoms with Crippen molar-refractivity contribution in [1.29, 1.82) is 0 Å². The number of benzene rings is 1. The smallest absolute Gasteiger partial charge is 0.190 e. The number of rotatable bonds is 3. The summed E-state index contributed by atoms with van der Waals surface area (Å²) in [5, 5.41) is 4.77. The summed E-state index contributed by atoms with van der Waals surface area (Å²) in [4.78, 5) is 6.52. The molecule has 0 aliphatic rings. The number of aromatic nitrogens is 1. The highest BCUT2D eigenvalue weighted by atomic mass is 32.1. The third-order valence-corrected chi connectivity index (χ3v) is 3.78. The lowest BCUT2D eigenvalue weighted by Gasteiger charge is -2.18. The van der Waals surface area contributed by atoms with Crippen LogP contribution in [-0.4, -0.2) is 28.6 Å². The highest BCUT2D eigenvalue weighted by Gasteiger charge is 2.07. The molecule has 2 aromatic rings. The van der Waals surface area contributed by atoms with Crippen LogP contribution in [0.25, 0.3) is 10.2 Å². The normalized spacial score (nSPS) is 10.5. The summed E-state index contributed by atoms with van der Waals surface area (Å²) < 4.78 is 1.18. The lowest BCUT2D eigenvalue weighted by molar-refractivity contribution is 0.508. The van der Waals surface area contributed by atoms with Crippen LogP contribution in [0.4, 0.5) is 5.13 Å². The summed E-state index contributed by atoms with van der Waals surface area (Å²) in [5.74, 6) is 0. The first-order valence-electron chi connectivity index (χ1n) is 5.58. The van der Waals surface area contributed by atoms with Gasteiger partial charge in [0.1, 0.15) is 0 Å². The molecule has 0 radical (unpaired) electrons. The number of fused-ring (bicyclic) bond motifs is 1. The van der Waals surface area contributed by atoms with Gasteiger partial charge in [-0.25, -0.2) is 4.98 Å². The zero-order valence-corrected chi connectivity index (χ0v) is 11.6. The third kappa shape index (κ3) is 2.92. The number of hydrogen-bond acceptors (Lipinski definition) is 3. The van der Waals surface area contributed by atoms with E-state index in [1.807, 2.05) is 30.1 Å². The van der Waals surface area contributed by atoms with Gasteiger partial charge >= 0.3 is 0 Å². The lowest BCUT2D eigenvalue weighted by atomic mass is 10.3. The highest BCUT2D eigenvalue weighted by molar-refractivity contribution is 7.80. The number of thiocarbonyl (C=S) groups is 1. The molecule has 0 saturated heterocycles. The maximum absolute atomic E-state index is 5.31. The number of para-hydroxylation sites is 1. The Kier molecular flexibility index (Phi) is 3.91. The molecule has 0 aliphatic carbocycles. The van der Waals surface area contributed by atoms with Gasteiger partial charge in [-0.3, -0.25) is 0 Å². The molecule has 90 valence electrons. The number of nitrogens with one attached hydrogen (secondary N) is 1. The van der Waals surface area contributed by atoms with Gasteiger partial charge in [-0.1, -0.05) is 30.4 Å². The van der Waals surface area contributed by atoms with E-state index < -0.39 is 0 Å². The van der Waals surface area contributed by atoms with E-state index >= 15 is 0 Å². The Morgan fingerprint density at radius 1 is 1.47 bits per heavy atom. The van der Waals surface area contributed by atoms with Crippen LogP contribution in [0.1, 0.15) is 13.3 Å². The number of anilines is 1. The monoisotopic (exact) mass is 265 g/mol. The van der Waals surface area contributed by atoms with E-state index in [0.717, 1.165) is 28.7 Å². The molecule has 0 amide bonds. The Morgan fingerprint density at radius 3 is 2.94 bits per heavy atom. The minimum absolute atomic E-state index is 0.728. The molecule has 0 bridgehead atoms. The Labute approximate surface area is 110 Å². The number of thiazole rings is 1. The first-order valence-corrected chi connectivity index (χ1v) is 6.81. The largest absolute Gasteiger partial charge is 0.352 e. The fourth-order valence-corrected chi connectivity index (χ4v) is 2.67. The van der Waals surface area contributed by atoms with Crippen LogP contribution < -0.4 is 5.32 Å². The number of nitrogens with zero attached hydrogens (tertiary/aromatic N) is 2. The van der Waals surface area contributed by atoms with Gasteiger partial charge in [-0.05, 0) is 30.8 Å². The van der Waals surface area contributed by atoms with Crippen molar-refractivity contribution in [3.8, 4) is 0 Å². The molecule has 0 unspecified atom stereocenters. The van der Waals surface area contributed by atoms with Gasteiger partial charge < -0.3 is 10.2 Å². The van der Waals surface area contributed by atoms with Crippen molar-refractivity contribution in [2.75, 3.05) is 18.9 Å². The van der Waals surface area contributed by atoms with E-state index in [9.17, 15) is 0 Å². The first kappa shape index (κ1) is 12.3. The molecule has 3 nitrogen and oxygen atoms in total. The SMILES string of the molecule is CCCN(C)C(=S)Nc1nc2ccccc2s1. The molecular weight excluding hydrogens is 250 g/mol. The van der Waals surface area contributed by atoms with E-state index in [1.54, 1.807) is 11.3 Å². The van der Waals surface area contributed by atoms with E-state index in [1.165, 1.54) is 4.70 Å². The quantitative estimate of drug-likeness (QED) is 0.862. The minimum atomic E-state index is 0.728. The van der Waals surface area contributed by atoms with Crippen molar-refractivity contribution in [2.24, 2.45) is 0 Å². The molecule has 0 atom stereocenters. The van der Waals surface area contributed by atoms with Crippen LogP contribution in [0.5, 0.6) is 0 Å². The minimum Gasteiger partial charge on any atom is -0.352 e. The van der Waals surface area contributed by atoms with E-state index in [2.05, 4.69) is 23.3 Å². The second-order valence-electron chi connectivity index (χ2n) is 3.84. The summed E-state index contributed by atoms with van der Waals surface area (Å²) in [7, 11) is 1.99. The van der Waals surface area contributed by atoms with Gasteiger partial charge in [0, 0.05) is 13.6 Å². The Bertz CT molecular complexity index is 488. The molecular formula is C12H15N3S2. The molecule has 2 rings (SSSR count). The Morgan fingerprint density at radius 2 is 2.24 bits per heavy atom. The van der Waals surface area contributed by atoms with Crippen molar-refractivity contribution >= 4 is 44.0 Å². The second kappa shape index (κ2) is 5.42. The molecule has 0 fully saturated rings. The van der Waals surface area contributed by atoms with Crippen LogP contribution in [0.3, 0.4) is 0 Å². The van der Waals surface area contributed by atoms with Crippen molar-refractivity contribution < 1.29 is 0 Å². The van der Waals surface area contributed by atoms with Gasteiger partial charge in [0.05, 0.1) is 10.2 Å². The average molecular weight is 265 g/mol. The van der Waals surface area contributed by atoms with Crippen molar-refractivity contribution in [1.82, 2.24) is 9.88 Å². The maximum Gasteiger partial charge on any atom is 0.190 e. The van der Waals surface area contributed by atoms with Crippen LogP contribution in [0.15, 0.2) is 24.3 Å². The average Bonchev–Trinajstić information content (AvgIpc) is 2.71. The predicted octanol–water partition coefficient (Wildman–Crippen LogP) is 3.33. The fraction of sp³-hybridized carbons (Fsp3) is 0.333. The van der Waals surface area contributed by atoms with Crippen LogP contribution in [-0.2, 0) is 0 Å². The molecule has 1 N–H and O–H groups in total. The fourth-order valence-electron chi connectivity index (χ4n) is 1.55. The topological polar surface area (TPSA) is 28.2 Å². The summed E-state index contributed by atoms with van der Waals surface area (Å²) in [5.41, 5.74) is 1.01. The van der Waals surface area contributed by atoms with Crippen molar-refractivity contribution in [3.63, 3.8) is 0 Å². The summed E-state index contributed by atoms with van der Waals surface area (Å²) >= 11 is 6.93. The zero-order chi connectivity index (χ0) is 12.3. The number of hydrogen-bond donors (Lipinski definition) is 1. The van der Waals surface area contributed by atoms with Crippen molar-refractivity contribution in [2.45, 2.75) is 13.3 Å². The van der Waals surface area contributed by atoms with Crippen LogP contribution in [0, 0.1) is 0 Å². The molecule has 0 spiro atoms. The molecule has 5 heteroatoms.